The van der Waals surface area contributed by atoms with E-state index >= 15 is 0 Å². The summed E-state index contributed by atoms with van der Waals surface area (Å²) in [5, 5.41) is 7.52. The number of rotatable bonds is 2. The summed E-state index contributed by atoms with van der Waals surface area (Å²) in [6, 6.07) is 22.2. The van der Waals surface area contributed by atoms with Crippen LogP contribution in [-0.2, 0) is 0 Å². The molecule has 0 saturated heterocycles. The molecule has 0 aliphatic carbocycles. The smallest absolute Gasteiger partial charge is 0.213 e. The summed E-state index contributed by atoms with van der Waals surface area (Å²) in [5.74, 6) is 0.572. The van der Waals surface area contributed by atoms with Gasteiger partial charge < -0.3 is 4.74 Å². The van der Waals surface area contributed by atoms with Crippen molar-refractivity contribution in [1.82, 2.24) is 5.01 Å². The number of benzene rings is 3. The Balaban J connectivity index is 1.60. The molecular formula is C22H16ClFN2O. The fourth-order valence-corrected chi connectivity index (χ4v) is 3.89. The van der Waals surface area contributed by atoms with E-state index in [4.69, 9.17) is 21.4 Å². The van der Waals surface area contributed by atoms with E-state index in [0.29, 0.717) is 11.4 Å². The van der Waals surface area contributed by atoms with Gasteiger partial charge in [-0.3, -0.25) is 0 Å². The average Bonchev–Trinajstić information content (AvgIpc) is 3.14. The van der Waals surface area contributed by atoms with Crippen LogP contribution in [0.1, 0.15) is 35.4 Å². The molecule has 134 valence electrons. The molecule has 0 aromatic heterocycles. The van der Waals surface area contributed by atoms with Gasteiger partial charge in [0.1, 0.15) is 11.6 Å². The zero-order chi connectivity index (χ0) is 18.4. The normalized spacial score (nSPS) is 20.5. The Morgan fingerprint density at radius 1 is 1.00 bits per heavy atom. The van der Waals surface area contributed by atoms with E-state index in [-0.39, 0.29) is 18.1 Å². The van der Waals surface area contributed by atoms with Crippen LogP contribution >= 0.6 is 11.6 Å². The average molecular weight is 379 g/mol. The second-order valence-electron chi connectivity index (χ2n) is 6.72. The third-order valence-electron chi connectivity index (χ3n) is 5.01. The van der Waals surface area contributed by atoms with Gasteiger partial charge in [-0.15, -0.1) is 0 Å². The van der Waals surface area contributed by atoms with E-state index in [1.54, 1.807) is 12.1 Å². The molecule has 0 spiro atoms. The van der Waals surface area contributed by atoms with Gasteiger partial charge in [-0.1, -0.05) is 54.1 Å². The summed E-state index contributed by atoms with van der Waals surface area (Å²) in [6.07, 6.45) is 0.397. The number of hydrogen-bond acceptors (Lipinski definition) is 3. The van der Waals surface area contributed by atoms with Gasteiger partial charge in [-0.2, -0.15) is 5.10 Å². The molecule has 3 aromatic carbocycles. The summed E-state index contributed by atoms with van der Waals surface area (Å²) in [6.45, 7) is 0. The molecule has 5 rings (SSSR count). The first-order valence-corrected chi connectivity index (χ1v) is 9.19. The van der Waals surface area contributed by atoms with Crippen LogP contribution in [0.3, 0.4) is 0 Å². The van der Waals surface area contributed by atoms with E-state index in [1.165, 1.54) is 12.1 Å². The van der Waals surface area contributed by atoms with Gasteiger partial charge in [-0.25, -0.2) is 9.40 Å². The first-order chi connectivity index (χ1) is 13.2. The van der Waals surface area contributed by atoms with Gasteiger partial charge in [0, 0.05) is 22.6 Å². The minimum atomic E-state index is -0.317. The largest absolute Gasteiger partial charge is 0.464 e. The van der Waals surface area contributed by atoms with Gasteiger partial charge in [0.15, 0.2) is 0 Å². The molecule has 2 aliphatic heterocycles. The molecule has 2 aliphatic rings. The molecule has 2 atom stereocenters. The number of fused-ring (bicyclic) bond motifs is 3. The van der Waals surface area contributed by atoms with Gasteiger partial charge in [0.25, 0.3) is 0 Å². The lowest BCUT2D eigenvalue weighted by molar-refractivity contribution is -0.0190. The Morgan fingerprint density at radius 2 is 1.78 bits per heavy atom. The molecular weight excluding hydrogens is 363 g/mol. The maximum Gasteiger partial charge on any atom is 0.213 e. The van der Waals surface area contributed by atoms with Crippen molar-refractivity contribution in [3.05, 3.63) is 100 Å². The first-order valence-electron chi connectivity index (χ1n) is 8.82. The van der Waals surface area contributed by atoms with Crippen molar-refractivity contribution in [2.45, 2.75) is 18.7 Å². The second kappa shape index (κ2) is 6.39. The van der Waals surface area contributed by atoms with Crippen LogP contribution < -0.4 is 4.74 Å². The lowest BCUT2D eigenvalue weighted by Gasteiger charge is -2.38. The minimum Gasteiger partial charge on any atom is -0.464 e. The van der Waals surface area contributed by atoms with E-state index < -0.39 is 0 Å². The van der Waals surface area contributed by atoms with Crippen molar-refractivity contribution in [3.63, 3.8) is 0 Å². The number of halogens is 2. The number of hydrogen-bond donors (Lipinski definition) is 0. The highest BCUT2D eigenvalue weighted by Crippen LogP contribution is 2.48. The molecule has 0 saturated carbocycles. The zero-order valence-electron chi connectivity index (χ0n) is 14.3. The Labute approximate surface area is 161 Å². The molecule has 5 heteroatoms. The van der Waals surface area contributed by atoms with E-state index in [0.717, 1.165) is 28.2 Å². The molecule has 0 fully saturated rings. The predicted molar refractivity (Wildman–Crippen MR) is 103 cm³/mol. The molecule has 3 nitrogen and oxygen atoms in total. The fraction of sp³-hybridized carbons (Fsp3) is 0.136. The lowest BCUT2D eigenvalue weighted by atomic mass is 9.96. The number of nitrogens with zero attached hydrogens (tertiary/aromatic N) is 2. The molecule has 2 heterocycles. The predicted octanol–water partition coefficient (Wildman–Crippen LogP) is 5.72. The highest BCUT2D eigenvalue weighted by molar-refractivity contribution is 6.30. The van der Waals surface area contributed by atoms with Gasteiger partial charge in [0.2, 0.25) is 6.23 Å². The van der Waals surface area contributed by atoms with E-state index in [9.17, 15) is 4.39 Å². The molecule has 0 bridgehead atoms. The van der Waals surface area contributed by atoms with E-state index in [2.05, 4.69) is 0 Å². The molecule has 27 heavy (non-hydrogen) atoms. The molecule has 0 amide bonds. The summed E-state index contributed by atoms with van der Waals surface area (Å²) in [5.41, 5.74) is 3.89. The second-order valence-corrected chi connectivity index (χ2v) is 7.15. The maximum absolute atomic E-state index is 13.3. The van der Waals surface area contributed by atoms with Crippen molar-refractivity contribution in [2.24, 2.45) is 5.10 Å². The first kappa shape index (κ1) is 16.3. The van der Waals surface area contributed by atoms with Crippen LogP contribution in [0.2, 0.25) is 5.02 Å². The maximum atomic E-state index is 13.3. The topological polar surface area (TPSA) is 24.8 Å². The summed E-state index contributed by atoms with van der Waals surface area (Å²) in [7, 11) is 0. The molecule has 0 radical (unpaired) electrons. The number of hydrazone groups is 1. The van der Waals surface area contributed by atoms with Gasteiger partial charge >= 0.3 is 0 Å². The van der Waals surface area contributed by atoms with Crippen LogP contribution in [0.5, 0.6) is 5.75 Å². The van der Waals surface area contributed by atoms with Gasteiger partial charge in [-0.05, 0) is 35.9 Å². The van der Waals surface area contributed by atoms with Crippen LogP contribution in [-0.4, -0.2) is 10.7 Å². The monoisotopic (exact) mass is 378 g/mol. The summed E-state index contributed by atoms with van der Waals surface area (Å²) < 4.78 is 19.6. The van der Waals surface area contributed by atoms with Crippen molar-refractivity contribution >= 4 is 17.3 Å². The van der Waals surface area contributed by atoms with Crippen LogP contribution in [0, 0.1) is 5.82 Å². The van der Waals surface area contributed by atoms with Crippen molar-refractivity contribution in [2.75, 3.05) is 0 Å². The Hall–Kier alpha value is -2.85. The van der Waals surface area contributed by atoms with Gasteiger partial charge in [0.05, 0.1) is 11.8 Å². The molecule has 2 unspecified atom stereocenters. The van der Waals surface area contributed by atoms with Crippen LogP contribution in [0.15, 0.2) is 77.9 Å². The molecule has 3 aromatic rings. The van der Waals surface area contributed by atoms with Crippen molar-refractivity contribution in [3.8, 4) is 5.75 Å². The Bertz CT molecular complexity index is 1020. The van der Waals surface area contributed by atoms with Crippen LogP contribution in [0.4, 0.5) is 4.39 Å². The third kappa shape index (κ3) is 2.86. The Morgan fingerprint density at radius 3 is 2.56 bits per heavy atom. The van der Waals surface area contributed by atoms with Crippen molar-refractivity contribution < 1.29 is 9.13 Å². The molecule has 0 N–H and O–H groups in total. The highest BCUT2D eigenvalue weighted by Gasteiger charge is 2.41. The standard InChI is InChI=1S/C22H16ClFN2O/c23-16-8-11-21-18(12-16)20-13-19(14-6-9-17(24)10-7-14)25-26(20)22(27-21)15-4-2-1-3-5-15/h1-12,20,22H,13H2. The minimum absolute atomic E-state index is 0.0257. The quantitative estimate of drug-likeness (QED) is 0.569. The van der Waals surface area contributed by atoms with E-state index in [1.807, 2.05) is 53.5 Å². The fourth-order valence-electron chi connectivity index (χ4n) is 3.71. The van der Waals surface area contributed by atoms with Crippen LogP contribution in [0.25, 0.3) is 0 Å². The zero-order valence-corrected chi connectivity index (χ0v) is 15.1. The Kier molecular flexibility index (Phi) is 3.87. The third-order valence-corrected chi connectivity index (χ3v) is 5.25. The lowest BCUT2D eigenvalue weighted by Crippen LogP contribution is -2.33. The summed E-state index contributed by atoms with van der Waals surface area (Å²) >= 11 is 6.24. The summed E-state index contributed by atoms with van der Waals surface area (Å²) in [4.78, 5) is 0. The highest BCUT2D eigenvalue weighted by atomic mass is 35.5. The number of ether oxygens (including phenoxy) is 1. The van der Waals surface area contributed by atoms with Crippen molar-refractivity contribution in [1.29, 1.82) is 0 Å². The SMILES string of the molecule is Fc1ccc(C2=NN3C(C2)c2cc(Cl)ccc2OC3c2ccccc2)cc1.